The fourth-order valence-electron chi connectivity index (χ4n) is 3.54. The minimum Gasteiger partial charge on any atom is -0.379 e. The molecular formula is C27H24O6S2. The molecule has 0 saturated carbocycles. The van der Waals surface area contributed by atoms with Crippen LogP contribution in [-0.4, -0.2) is 16.8 Å². The molecule has 0 bridgehead atoms. The van der Waals surface area contributed by atoms with Gasteiger partial charge >= 0.3 is 20.2 Å². The van der Waals surface area contributed by atoms with E-state index in [4.69, 9.17) is 8.37 Å². The van der Waals surface area contributed by atoms with Crippen molar-refractivity contribution in [2.45, 2.75) is 29.1 Å². The smallest absolute Gasteiger partial charge is 0.339 e. The molecule has 0 aliphatic heterocycles. The molecule has 180 valence electrons. The molecule has 8 heteroatoms. The quantitative estimate of drug-likeness (QED) is 0.290. The highest BCUT2D eigenvalue weighted by Crippen LogP contribution is 2.34. The Hall–Kier alpha value is -3.62. The van der Waals surface area contributed by atoms with Crippen LogP contribution >= 0.6 is 0 Å². The topological polar surface area (TPSA) is 86.7 Å². The summed E-state index contributed by atoms with van der Waals surface area (Å²) in [6.07, 6.45) is 0. The highest BCUT2D eigenvalue weighted by atomic mass is 32.2. The molecule has 0 saturated heterocycles. The highest BCUT2D eigenvalue weighted by Gasteiger charge is 2.24. The van der Waals surface area contributed by atoms with Crippen molar-refractivity contribution < 1.29 is 25.2 Å². The molecule has 0 amide bonds. The van der Waals surface area contributed by atoms with Crippen molar-refractivity contribution in [3.05, 3.63) is 120 Å². The van der Waals surface area contributed by atoms with E-state index in [1.165, 1.54) is 24.3 Å². The van der Waals surface area contributed by atoms with E-state index in [1.54, 1.807) is 84.9 Å². The van der Waals surface area contributed by atoms with Crippen molar-refractivity contribution >= 4 is 20.2 Å². The lowest BCUT2D eigenvalue weighted by Gasteiger charge is -2.26. The molecule has 0 aliphatic rings. The van der Waals surface area contributed by atoms with Crippen molar-refractivity contribution in [1.29, 1.82) is 0 Å². The van der Waals surface area contributed by atoms with Crippen LogP contribution in [0.15, 0.2) is 119 Å². The van der Waals surface area contributed by atoms with Crippen LogP contribution in [0.1, 0.15) is 25.0 Å². The van der Waals surface area contributed by atoms with Crippen LogP contribution in [0.3, 0.4) is 0 Å². The van der Waals surface area contributed by atoms with Gasteiger partial charge in [-0.3, -0.25) is 0 Å². The van der Waals surface area contributed by atoms with Gasteiger partial charge in [-0.05, 0) is 59.7 Å². The lowest BCUT2D eigenvalue weighted by atomic mass is 9.78. The molecule has 0 aromatic heterocycles. The van der Waals surface area contributed by atoms with Gasteiger partial charge in [0, 0.05) is 5.41 Å². The Labute approximate surface area is 206 Å². The van der Waals surface area contributed by atoms with Gasteiger partial charge in [0.2, 0.25) is 0 Å². The third-order valence-corrected chi connectivity index (χ3v) is 8.15. The van der Waals surface area contributed by atoms with E-state index in [0.717, 1.165) is 11.1 Å². The zero-order valence-electron chi connectivity index (χ0n) is 19.2. The van der Waals surface area contributed by atoms with Crippen molar-refractivity contribution in [2.75, 3.05) is 0 Å². The largest absolute Gasteiger partial charge is 0.379 e. The van der Waals surface area contributed by atoms with Gasteiger partial charge in [0.25, 0.3) is 0 Å². The summed E-state index contributed by atoms with van der Waals surface area (Å²) in [6, 6.07) is 29.6. The normalized spacial score (nSPS) is 12.2. The lowest BCUT2D eigenvalue weighted by Crippen LogP contribution is -2.19. The Morgan fingerprint density at radius 2 is 0.800 bits per heavy atom. The summed E-state index contributed by atoms with van der Waals surface area (Å²) in [5.41, 5.74) is 1.40. The number of hydrogen-bond donors (Lipinski definition) is 0. The first kappa shape index (κ1) is 24.5. The molecule has 6 nitrogen and oxygen atoms in total. The Kier molecular flexibility index (Phi) is 6.69. The van der Waals surface area contributed by atoms with Gasteiger partial charge in [0.05, 0.1) is 0 Å². The molecule has 4 aromatic carbocycles. The average Bonchev–Trinajstić information content (AvgIpc) is 2.85. The van der Waals surface area contributed by atoms with Crippen molar-refractivity contribution in [3.63, 3.8) is 0 Å². The molecule has 0 radical (unpaired) electrons. The highest BCUT2D eigenvalue weighted by molar-refractivity contribution is 7.87. The van der Waals surface area contributed by atoms with E-state index in [-0.39, 0.29) is 21.3 Å². The van der Waals surface area contributed by atoms with Crippen LogP contribution in [0.25, 0.3) is 0 Å². The van der Waals surface area contributed by atoms with Gasteiger partial charge in [-0.25, -0.2) is 0 Å². The number of hydrogen-bond acceptors (Lipinski definition) is 6. The van der Waals surface area contributed by atoms with E-state index in [1.807, 2.05) is 13.8 Å². The van der Waals surface area contributed by atoms with Gasteiger partial charge in [0.1, 0.15) is 21.3 Å². The lowest BCUT2D eigenvalue weighted by molar-refractivity contribution is 0.484. The van der Waals surface area contributed by atoms with Gasteiger partial charge in [0.15, 0.2) is 0 Å². The molecule has 0 unspecified atom stereocenters. The monoisotopic (exact) mass is 508 g/mol. The van der Waals surface area contributed by atoms with Gasteiger partial charge in [-0.2, -0.15) is 16.8 Å². The molecule has 0 N–H and O–H groups in total. The van der Waals surface area contributed by atoms with E-state index < -0.39 is 25.7 Å². The zero-order chi connectivity index (χ0) is 25.1. The molecule has 0 fully saturated rings. The van der Waals surface area contributed by atoms with Crippen molar-refractivity contribution in [1.82, 2.24) is 0 Å². The molecule has 0 atom stereocenters. The maximum absolute atomic E-state index is 12.4. The van der Waals surface area contributed by atoms with Crippen molar-refractivity contribution in [2.24, 2.45) is 0 Å². The summed E-state index contributed by atoms with van der Waals surface area (Å²) in [6.45, 7) is 4.03. The van der Waals surface area contributed by atoms with E-state index in [0.29, 0.717) is 0 Å². The maximum Gasteiger partial charge on any atom is 0.339 e. The summed E-state index contributed by atoms with van der Waals surface area (Å²) in [5.74, 6) is 0.423. The molecule has 35 heavy (non-hydrogen) atoms. The third kappa shape index (κ3) is 5.55. The summed E-state index contributed by atoms with van der Waals surface area (Å²) in [4.78, 5) is 0.169. The Morgan fingerprint density at radius 1 is 0.486 bits per heavy atom. The first-order valence-corrected chi connectivity index (χ1v) is 13.6. The van der Waals surface area contributed by atoms with E-state index in [9.17, 15) is 16.8 Å². The van der Waals surface area contributed by atoms with E-state index >= 15 is 0 Å². The second kappa shape index (κ2) is 9.56. The third-order valence-electron chi connectivity index (χ3n) is 5.63. The van der Waals surface area contributed by atoms with Crippen LogP contribution in [0.2, 0.25) is 0 Å². The minimum absolute atomic E-state index is 0.0843. The number of rotatable bonds is 8. The predicted molar refractivity (Wildman–Crippen MR) is 134 cm³/mol. The van der Waals surface area contributed by atoms with E-state index in [2.05, 4.69) is 0 Å². The van der Waals surface area contributed by atoms with Gasteiger partial charge in [-0.15, -0.1) is 0 Å². The minimum atomic E-state index is -3.92. The second-order valence-corrected chi connectivity index (χ2v) is 11.5. The molecule has 4 rings (SSSR count). The molecule has 4 aromatic rings. The number of benzene rings is 4. The SMILES string of the molecule is CC(C)(c1ccc(OS(=O)(=O)c2ccccc2)cc1)c1ccc(OS(=O)(=O)c2ccccc2)cc1. The van der Waals surface area contributed by atoms with Crippen LogP contribution < -0.4 is 8.37 Å². The summed E-state index contributed by atoms with van der Waals surface area (Å²) < 4.78 is 60.3. The van der Waals surface area contributed by atoms with Gasteiger partial charge < -0.3 is 8.37 Å². The van der Waals surface area contributed by atoms with Crippen LogP contribution in [0.5, 0.6) is 11.5 Å². The summed E-state index contributed by atoms with van der Waals surface area (Å²) in [7, 11) is -7.83. The maximum atomic E-state index is 12.4. The first-order chi connectivity index (χ1) is 16.6. The van der Waals surface area contributed by atoms with Crippen LogP contribution in [0, 0.1) is 0 Å². The average molecular weight is 509 g/mol. The van der Waals surface area contributed by atoms with Crippen molar-refractivity contribution in [3.8, 4) is 11.5 Å². The van der Waals surface area contributed by atoms with Crippen LogP contribution in [0.4, 0.5) is 0 Å². The Bertz CT molecular complexity index is 1380. The fourth-order valence-corrected chi connectivity index (χ4v) is 5.45. The predicted octanol–water partition coefficient (Wildman–Crippen LogP) is 5.55. The fraction of sp³-hybridized carbons (Fsp3) is 0.111. The standard InChI is InChI=1S/C27H24O6S2/c1-27(2,21-13-17-23(18-14-21)32-34(28,29)25-9-5-3-6-10-25)22-15-19-24(20-16-22)33-35(30,31)26-11-7-4-8-12-26/h3-20H,1-2H3. The Morgan fingerprint density at radius 3 is 1.11 bits per heavy atom. The van der Waals surface area contributed by atoms with Gasteiger partial charge in [-0.1, -0.05) is 74.5 Å². The van der Waals surface area contributed by atoms with Crippen LogP contribution in [-0.2, 0) is 25.7 Å². The molecule has 0 heterocycles. The summed E-state index contributed by atoms with van der Waals surface area (Å²) >= 11 is 0. The first-order valence-electron chi connectivity index (χ1n) is 10.8. The summed E-state index contributed by atoms with van der Waals surface area (Å²) in [5, 5.41) is 0. The second-order valence-electron chi connectivity index (χ2n) is 8.37. The molecule has 0 aliphatic carbocycles. The Balaban J connectivity index is 1.49. The molecule has 0 spiro atoms. The zero-order valence-corrected chi connectivity index (χ0v) is 20.8. The molecular weight excluding hydrogens is 484 g/mol.